The first kappa shape index (κ1) is 13.7. The Morgan fingerprint density at radius 1 is 1.06 bits per heavy atom. The van der Waals surface area contributed by atoms with E-state index in [0.29, 0.717) is 5.39 Å². The maximum Gasteiger partial charge on any atom is 1.00 e. The maximum absolute atomic E-state index is 11.0. The van der Waals surface area contributed by atoms with Crippen LogP contribution < -0.4 is 29.6 Å². The normalized spacial score (nSPS) is 11.1. The van der Waals surface area contributed by atoms with Crippen molar-refractivity contribution in [3.63, 3.8) is 0 Å². The molecule has 16 heavy (non-hydrogen) atoms. The Morgan fingerprint density at radius 2 is 1.62 bits per heavy atom. The van der Waals surface area contributed by atoms with E-state index in [1.165, 1.54) is 6.07 Å². The van der Waals surface area contributed by atoms with Crippen LogP contribution in [0.25, 0.3) is 10.8 Å². The van der Waals surface area contributed by atoms with Crippen LogP contribution >= 0.6 is 0 Å². The van der Waals surface area contributed by atoms with Crippen molar-refractivity contribution in [3.05, 3.63) is 42.0 Å². The van der Waals surface area contributed by atoms with Crippen LogP contribution in [0, 0.1) is 6.92 Å². The molecule has 0 bridgehead atoms. The summed E-state index contributed by atoms with van der Waals surface area (Å²) in [6.07, 6.45) is 0. The molecule has 78 valence electrons. The summed E-state index contributed by atoms with van der Waals surface area (Å²) in [6, 6.07) is 10.1. The third kappa shape index (κ3) is 2.47. The van der Waals surface area contributed by atoms with Gasteiger partial charge in [0.1, 0.15) is 10.1 Å². The number of hydrogen-bond acceptors (Lipinski definition) is 3. The van der Waals surface area contributed by atoms with Crippen molar-refractivity contribution in [2.75, 3.05) is 0 Å². The quantitative estimate of drug-likeness (QED) is 0.480. The van der Waals surface area contributed by atoms with Crippen molar-refractivity contribution in [2.45, 2.75) is 11.8 Å². The van der Waals surface area contributed by atoms with Crippen molar-refractivity contribution >= 4 is 20.9 Å². The van der Waals surface area contributed by atoms with Gasteiger partial charge in [-0.05, 0) is 23.9 Å². The van der Waals surface area contributed by atoms with Crippen LogP contribution in [0.2, 0.25) is 0 Å². The van der Waals surface area contributed by atoms with E-state index in [1.807, 2.05) is 6.07 Å². The fraction of sp³-hybridized carbons (Fsp3) is 0.0909. The fourth-order valence-electron chi connectivity index (χ4n) is 1.70. The van der Waals surface area contributed by atoms with Gasteiger partial charge in [-0.1, -0.05) is 30.3 Å². The second-order valence-corrected chi connectivity index (χ2v) is 4.73. The molecule has 0 aliphatic rings. The van der Waals surface area contributed by atoms with E-state index in [4.69, 9.17) is 0 Å². The van der Waals surface area contributed by atoms with E-state index in [0.717, 1.165) is 10.9 Å². The molecule has 0 fully saturated rings. The van der Waals surface area contributed by atoms with Gasteiger partial charge in [-0.2, -0.15) is 0 Å². The van der Waals surface area contributed by atoms with Gasteiger partial charge in [0.05, 0.1) is 4.90 Å². The molecule has 0 unspecified atom stereocenters. The molecule has 2 rings (SSSR count). The Bertz CT molecular complexity index is 615. The van der Waals surface area contributed by atoms with Crippen molar-refractivity contribution < 1.29 is 42.5 Å². The minimum Gasteiger partial charge on any atom is -0.744 e. The number of hydrogen-bond donors (Lipinski definition) is 0. The Hall–Kier alpha value is -0.390. The summed E-state index contributed by atoms with van der Waals surface area (Å²) >= 11 is 0. The minimum atomic E-state index is -4.40. The number of aryl methyl sites for hydroxylation is 1. The van der Waals surface area contributed by atoms with E-state index in [-0.39, 0.29) is 34.5 Å². The van der Waals surface area contributed by atoms with Gasteiger partial charge in [0.2, 0.25) is 0 Å². The second kappa shape index (κ2) is 4.85. The molecule has 0 aromatic heterocycles. The van der Waals surface area contributed by atoms with Gasteiger partial charge in [-0.3, -0.25) is 0 Å². The summed E-state index contributed by atoms with van der Waals surface area (Å²) in [7, 11) is -4.40. The van der Waals surface area contributed by atoms with Crippen LogP contribution in [0.5, 0.6) is 0 Å². The maximum atomic E-state index is 11.0. The van der Waals surface area contributed by atoms with Gasteiger partial charge in [0.25, 0.3) is 0 Å². The number of fused-ring (bicyclic) bond motifs is 1. The molecule has 0 amide bonds. The van der Waals surface area contributed by atoms with Crippen LogP contribution in [0.15, 0.2) is 41.3 Å². The predicted molar refractivity (Wildman–Crippen MR) is 56.6 cm³/mol. The first-order chi connectivity index (χ1) is 7.00. The van der Waals surface area contributed by atoms with Crippen molar-refractivity contribution in [1.29, 1.82) is 0 Å². The molecule has 0 N–H and O–H groups in total. The molecule has 2 aromatic rings. The molecule has 3 nitrogen and oxygen atoms in total. The van der Waals surface area contributed by atoms with Gasteiger partial charge >= 0.3 is 29.6 Å². The van der Waals surface area contributed by atoms with Gasteiger partial charge in [0, 0.05) is 5.39 Å². The van der Waals surface area contributed by atoms with E-state index < -0.39 is 10.1 Å². The van der Waals surface area contributed by atoms with Crippen LogP contribution in [0.1, 0.15) is 5.56 Å². The van der Waals surface area contributed by atoms with E-state index in [1.54, 1.807) is 31.2 Å². The SMILES string of the molecule is Cc1cccc2cccc(S(=O)(=O)[O-])c12.[Na+]. The summed E-state index contributed by atoms with van der Waals surface area (Å²) in [5.74, 6) is 0. The van der Waals surface area contributed by atoms with E-state index in [2.05, 4.69) is 0 Å². The average Bonchev–Trinajstić information content (AvgIpc) is 2.16. The minimum absolute atomic E-state index is 0. The summed E-state index contributed by atoms with van der Waals surface area (Å²) < 4.78 is 33.1. The van der Waals surface area contributed by atoms with Crippen molar-refractivity contribution in [3.8, 4) is 0 Å². The molecule has 0 radical (unpaired) electrons. The zero-order valence-electron chi connectivity index (χ0n) is 9.10. The standard InChI is InChI=1S/C11H10O3S.Na/c1-8-4-2-5-9-6-3-7-10(11(8)9)15(12,13)14;/h2-7H,1H3,(H,12,13,14);/q;+1/p-1. The topological polar surface area (TPSA) is 57.2 Å². The zero-order valence-corrected chi connectivity index (χ0v) is 11.9. The summed E-state index contributed by atoms with van der Waals surface area (Å²) in [5.41, 5.74) is 0.794. The average molecular weight is 244 g/mol. The van der Waals surface area contributed by atoms with Gasteiger partial charge in [-0.15, -0.1) is 0 Å². The molecule has 5 heteroatoms. The molecular weight excluding hydrogens is 235 g/mol. The molecule has 0 spiro atoms. The Balaban J connectivity index is 0.00000128. The number of benzene rings is 2. The third-order valence-electron chi connectivity index (χ3n) is 2.34. The summed E-state index contributed by atoms with van der Waals surface area (Å²) in [4.78, 5) is -0.141. The Kier molecular flexibility index (Phi) is 4.15. The van der Waals surface area contributed by atoms with Gasteiger partial charge < -0.3 is 4.55 Å². The van der Waals surface area contributed by atoms with Crippen molar-refractivity contribution in [1.82, 2.24) is 0 Å². The number of rotatable bonds is 1. The predicted octanol–water partition coefficient (Wildman–Crippen LogP) is -0.944. The third-order valence-corrected chi connectivity index (χ3v) is 3.22. The first-order valence-corrected chi connectivity index (χ1v) is 5.85. The van der Waals surface area contributed by atoms with Crippen LogP contribution in [0.4, 0.5) is 0 Å². The zero-order chi connectivity index (χ0) is 11.1. The van der Waals surface area contributed by atoms with Crippen LogP contribution in [-0.4, -0.2) is 13.0 Å². The molecule has 0 aliphatic heterocycles. The second-order valence-electron chi connectivity index (χ2n) is 3.38. The Morgan fingerprint density at radius 3 is 2.19 bits per heavy atom. The molecule has 2 aromatic carbocycles. The van der Waals surface area contributed by atoms with Crippen LogP contribution in [0.3, 0.4) is 0 Å². The molecule has 0 atom stereocenters. The molecule has 0 saturated carbocycles. The van der Waals surface area contributed by atoms with Gasteiger partial charge in [-0.25, -0.2) is 8.42 Å². The van der Waals surface area contributed by atoms with Gasteiger partial charge in [0.15, 0.2) is 0 Å². The largest absolute Gasteiger partial charge is 1.00 e. The molecule has 0 heterocycles. The van der Waals surface area contributed by atoms with E-state index in [9.17, 15) is 13.0 Å². The molecular formula is C11H9NaO3S. The molecule has 0 saturated heterocycles. The summed E-state index contributed by atoms with van der Waals surface area (Å²) in [5, 5.41) is 1.29. The summed E-state index contributed by atoms with van der Waals surface area (Å²) in [6.45, 7) is 1.79. The van der Waals surface area contributed by atoms with E-state index >= 15 is 0 Å². The van der Waals surface area contributed by atoms with Crippen LogP contribution in [-0.2, 0) is 10.1 Å². The fourth-order valence-corrected chi connectivity index (χ4v) is 2.47. The smallest absolute Gasteiger partial charge is 0.744 e. The monoisotopic (exact) mass is 244 g/mol. The van der Waals surface area contributed by atoms with Crippen molar-refractivity contribution in [2.24, 2.45) is 0 Å². The first-order valence-electron chi connectivity index (χ1n) is 4.44. The Labute approximate surface area is 117 Å². The molecule has 0 aliphatic carbocycles.